The van der Waals surface area contributed by atoms with E-state index in [1.54, 1.807) is 36.0 Å². The van der Waals surface area contributed by atoms with Gasteiger partial charge in [0.05, 0.1) is 11.1 Å². The molecule has 1 saturated heterocycles. The Labute approximate surface area is 223 Å². The van der Waals surface area contributed by atoms with Gasteiger partial charge in [-0.05, 0) is 41.0 Å². The molecule has 0 amide bonds. The minimum atomic E-state index is -1.30. The van der Waals surface area contributed by atoms with Gasteiger partial charge in [-0.1, -0.05) is 89.5 Å². The fraction of sp³-hybridized carbons (Fsp3) is 0.464. The zero-order chi connectivity index (χ0) is 26.6. The van der Waals surface area contributed by atoms with Gasteiger partial charge >= 0.3 is 0 Å². The van der Waals surface area contributed by atoms with Gasteiger partial charge in [-0.2, -0.15) is 5.26 Å². The highest BCUT2D eigenvalue weighted by Gasteiger charge is 2.55. The zero-order valence-electron chi connectivity index (χ0n) is 21.2. The lowest BCUT2D eigenvalue weighted by molar-refractivity contribution is 0.278. The quantitative estimate of drug-likeness (QED) is 0.422. The number of nitrogens with zero attached hydrogens (tertiary/aromatic N) is 1. The first kappa shape index (κ1) is 29.6. The van der Waals surface area contributed by atoms with Gasteiger partial charge in [-0.3, -0.25) is 0 Å². The van der Waals surface area contributed by atoms with Crippen molar-refractivity contribution < 1.29 is 8.78 Å². The number of hydrogen-bond donors (Lipinski definition) is 1. The highest BCUT2D eigenvalue weighted by molar-refractivity contribution is 8.03. The maximum atomic E-state index is 15.0. The third-order valence-electron chi connectivity index (χ3n) is 5.84. The molecular weight excluding hydrogens is 505 g/mol. The average Bonchev–Trinajstić information content (AvgIpc) is 3.06. The lowest BCUT2D eigenvalue weighted by Crippen LogP contribution is -2.44. The standard InChI is InChI=1S/C22H22Cl2F2N2.C6H12S/c1-21(2,3)10-19-22(12-27,15-8-7-13(23)9-18(15)25)16(11-28-19)14-5-4-6-17(24)20(14)26;1-5-7-6(2,3)4/h4-9,16,19,28H,10-11H2,1-3H3;5H,1H2,2-4H3/t16-,19+,22-;/m1./s1. The minimum Gasteiger partial charge on any atom is -0.311 e. The van der Waals surface area contributed by atoms with Crippen molar-refractivity contribution in [3.63, 3.8) is 0 Å². The summed E-state index contributed by atoms with van der Waals surface area (Å²) in [5.74, 6) is -1.73. The van der Waals surface area contributed by atoms with Crippen LogP contribution in [0.2, 0.25) is 10.0 Å². The van der Waals surface area contributed by atoms with Crippen LogP contribution < -0.4 is 5.32 Å². The Balaban J connectivity index is 0.000000540. The van der Waals surface area contributed by atoms with Gasteiger partial charge in [0.15, 0.2) is 0 Å². The predicted octanol–water partition coefficient (Wildman–Crippen LogP) is 8.89. The van der Waals surface area contributed by atoms with Gasteiger partial charge in [0, 0.05) is 33.8 Å². The van der Waals surface area contributed by atoms with Crippen LogP contribution in [0.3, 0.4) is 0 Å². The molecular formula is C28H34Cl2F2N2S. The van der Waals surface area contributed by atoms with Crippen LogP contribution >= 0.6 is 35.0 Å². The fourth-order valence-corrected chi connectivity index (χ4v) is 5.32. The Morgan fingerprint density at radius 3 is 2.31 bits per heavy atom. The Morgan fingerprint density at radius 2 is 1.83 bits per heavy atom. The summed E-state index contributed by atoms with van der Waals surface area (Å²) in [6.45, 7) is 16.6. The van der Waals surface area contributed by atoms with Gasteiger partial charge < -0.3 is 5.32 Å². The molecule has 0 unspecified atom stereocenters. The number of halogens is 4. The molecule has 1 fully saturated rings. The maximum Gasteiger partial charge on any atom is 0.145 e. The minimum absolute atomic E-state index is 0.0137. The number of nitrogens with one attached hydrogen (secondary N) is 1. The van der Waals surface area contributed by atoms with Crippen LogP contribution in [0.15, 0.2) is 48.4 Å². The van der Waals surface area contributed by atoms with E-state index in [4.69, 9.17) is 23.2 Å². The second kappa shape index (κ2) is 11.6. The SMILES string of the molecule is C=CSC(C)(C)C.CC(C)(C)C[C@@H]1NC[C@H](c2cccc(Cl)c2F)[C@@]1(C#N)c1ccc(Cl)cc1F. The molecule has 2 aromatic rings. The topological polar surface area (TPSA) is 35.8 Å². The van der Waals surface area contributed by atoms with Crippen molar-refractivity contribution in [3.8, 4) is 6.07 Å². The van der Waals surface area contributed by atoms with E-state index in [1.807, 2.05) is 5.41 Å². The van der Waals surface area contributed by atoms with Gasteiger partial charge in [0.1, 0.15) is 17.0 Å². The number of nitriles is 1. The largest absolute Gasteiger partial charge is 0.311 e. The van der Waals surface area contributed by atoms with Gasteiger partial charge in [-0.15, -0.1) is 11.8 Å². The maximum absolute atomic E-state index is 15.0. The molecule has 0 aliphatic carbocycles. The molecule has 35 heavy (non-hydrogen) atoms. The number of hydrogen-bond acceptors (Lipinski definition) is 3. The van der Waals surface area contributed by atoms with Crippen molar-refractivity contribution in [2.24, 2.45) is 5.41 Å². The van der Waals surface area contributed by atoms with Gasteiger partial charge in [0.2, 0.25) is 0 Å². The predicted molar refractivity (Wildman–Crippen MR) is 146 cm³/mol. The molecule has 0 saturated carbocycles. The van der Waals surface area contributed by atoms with E-state index in [0.29, 0.717) is 23.3 Å². The van der Waals surface area contributed by atoms with Crippen LogP contribution in [0.25, 0.3) is 0 Å². The Morgan fingerprint density at radius 1 is 1.17 bits per heavy atom. The van der Waals surface area contributed by atoms with Crippen LogP contribution in [-0.4, -0.2) is 17.3 Å². The molecule has 3 rings (SSSR count). The lowest BCUT2D eigenvalue weighted by atomic mass is 9.64. The lowest BCUT2D eigenvalue weighted by Gasteiger charge is -2.37. The molecule has 2 aromatic carbocycles. The van der Waals surface area contributed by atoms with Gasteiger partial charge in [-0.25, -0.2) is 8.78 Å². The van der Waals surface area contributed by atoms with Crippen molar-refractivity contribution in [3.05, 3.63) is 81.2 Å². The molecule has 2 nitrogen and oxygen atoms in total. The number of rotatable bonds is 4. The third-order valence-corrected chi connectivity index (χ3v) is 7.24. The molecule has 7 heteroatoms. The van der Waals surface area contributed by atoms with Crippen molar-refractivity contribution in [1.29, 1.82) is 5.26 Å². The summed E-state index contributed by atoms with van der Waals surface area (Å²) >= 11 is 13.7. The van der Waals surface area contributed by atoms with Crippen LogP contribution in [0.1, 0.15) is 65.0 Å². The first-order valence-corrected chi connectivity index (χ1v) is 13.1. The summed E-state index contributed by atoms with van der Waals surface area (Å²) in [7, 11) is 0. The van der Waals surface area contributed by atoms with Crippen molar-refractivity contribution in [1.82, 2.24) is 5.32 Å². The van der Waals surface area contributed by atoms with E-state index < -0.39 is 23.0 Å². The van der Waals surface area contributed by atoms with E-state index in [9.17, 15) is 9.65 Å². The molecule has 1 N–H and O–H groups in total. The van der Waals surface area contributed by atoms with Crippen LogP contribution in [-0.2, 0) is 5.41 Å². The molecule has 0 spiro atoms. The highest BCUT2D eigenvalue weighted by Crippen LogP contribution is 2.50. The smallest absolute Gasteiger partial charge is 0.145 e. The first-order chi connectivity index (χ1) is 16.2. The Bertz CT molecular complexity index is 1090. The molecule has 190 valence electrons. The molecule has 1 aliphatic heterocycles. The second-order valence-electron chi connectivity index (χ2n) is 10.9. The van der Waals surface area contributed by atoms with Crippen molar-refractivity contribution in [2.75, 3.05) is 6.54 Å². The third kappa shape index (κ3) is 7.23. The van der Waals surface area contributed by atoms with Crippen LogP contribution in [0.4, 0.5) is 8.78 Å². The summed E-state index contributed by atoms with van der Waals surface area (Å²) in [4.78, 5) is 0. The van der Waals surface area contributed by atoms with E-state index >= 15 is 4.39 Å². The molecule has 1 heterocycles. The number of benzene rings is 2. The Hall–Kier alpha value is -1.58. The van der Waals surface area contributed by atoms with Crippen LogP contribution in [0, 0.1) is 28.4 Å². The first-order valence-electron chi connectivity index (χ1n) is 11.5. The van der Waals surface area contributed by atoms with E-state index in [-0.39, 0.29) is 27.1 Å². The zero-order valence-corrected chi connectivity index (χ0v) is 23.5. The van der Waals surface area contributed by atoms with Crippen molar-refractivity contribution in [2.45, 2.75) is 70.1 Å². The molecule has 0 bridgehead atoms. The highest BCUT2D eigenvalue weighted by atomic mass is 35.5. The number of thioether (sulfide) groups is 1. The fourth-order valence-electron chi connectivity index (χ4n) is 4.48. The molecule has 1 aliphatic rings. The monoisotopic (exact) mass is 538 g/mol. The van der Waals surface area contributed by atoms with E-state index in [2.05, 4.69) is 59.5 Å². The summed E-state index contributed by atoms with van der Waals surface area (Å²) in [6.07, 6.45) is 0.612. The Kier molecular flexibility index (Phi) is 9.87. The summed E-state index contributed by atoms with van der Waals surface area (Å²) in [6, 6.07) is 11.0. The summed E-state index contributed by atoms with van der Waals surface area (Å²) < 4.78 is 30.3. The molecule has 0 radical (unpaired) electrons. The van der Waals surface area contributed by atoms with Gasteiger partial charge in [0.25, 0.3) is 0 Å². The average molecular weight is 540 g/mol. The summed E-state index contributed by atoms with van der Waals surface area (Å²) in [5, 5.41) is 15.8. The van der Waals surface area contributed by atoms with Crippen molar-refractivity contribution >= 4 is 35.0 Å². The summed E-state index contributed by atoms with van der Waals surface area (Å²) in [5.41, 5.74) is -0.881. The normalized spacial score (nSPS) is 22.2. The molecule has 0 aromatic heterocycles. The molecule has 3 atom stereocenters. The van der Waals surface area contributed by atoms with Crippen LogP contribution in [0.5, 0.6) is 0 Å². The second-order valence-corrected chi connectivity index (χ2v) is 13.6. The van der Waals surface area contributed by atoms with E-state index in [1.165, 1.54) is 12.1 Å². The van der Waals surface area contributed by atoms with E-state index in [0.717, 1.165) is 0 Å².